The smallest absolute Gasteiger partial charge is 0.327 e. The van der Waals surface area contributed by atoms with Crippen molar-refractivity contribution in [3.63, 3.8) is 0 Å². The number of carboxylic acids is 1. The van der Waals surface area contributed by atoms with Gasteiger partial charge < -0.3 is 25.6 Å². The molecule has 0 aliphatic carbocycles. The van der Waals surface area contributed by atoms with Crippen LogP contribution in [0.25, 0.3) is 11.1 Å². The maximum absolute atomic E-state index is 14.9. The molecule has 0 bridgehead atoms. The Bertz CT molecular complexity index is 1410. The van der Waals surface area contributed by atoms with Gasteiger partial charge in [-0.3, -0.25) is 9.59 Å². The molecule has 11 heteroatoms. The molecule has 3 rings (SSSR count). The van der Waals surface area contributed by atoms with E-state index in [9.17, 15) is 28.3 Å². The lowest BCUT2D eigenvalue weighted by atomic mass is 9.83. The fourth-order valence-electron chi connectivity index (χ4n) is 5.04. The molecular weight excluding hydrogens is 574 g/mol. The van der Waals surface area contributed by atoms with E-state index in [1.54, 1.807) is 11.1 Å². The molecule has 0 fully saturated rings. The maximum Gasteiger partial charge on any atom is 0.327 e. The zero-order valence-electron chi connectivity index (χ0n) is 25.0. The Hall–Kier alpha value is -3.70. The van der Waals surface area contributed by atoms with E-state index in [1.165, 1.54) is 6.92 Å². The van der Waals surface area contributed by atoms with Crippen LogP contribution in [0.2, 0.25) is 0 Å². The number of thioether (sulfide) groups is 1. The molecular formula is C32H40F2N4O4S. The minimum absolute atomic E-state index is 0.0128. The summed E-state index contributed by atoms with van der Waals surface area (Å²) in [5.41, 5.74) is 7.69. The van der Waals surface area contributed by atoms with E-state index in [1.807, 2.05) is 61.7 Å². The molecule has 4 N–H and O–H groups in total. The van der Waals surface area contributed by atoms with E-state index >= 15 is 0 Å². The standard InChI is InChI=1S/C32H40F2N4O4S/c1-21(39)36-27(31(41)42)19-43-20-29(40)38(14-8-13-35)30(32(2,3)4)28-15-23(25-16-24(33)11-12-26(25)34)18-37(28)17-22-9-6-5-7-10-22/h5-7,9-12,15-16,18,27,30H,8,13-14,17,19-20,35H2,1-4H3,(H,36,39)(H,41,42)/t27-,30-/m0/s1. The van der Waals surface area contributed by atoms with Crippen LogP contribution in [0.3, 0.4) is 0 Å². The van der Waals surface area contributed by atoms with Crippen molar-refractivity contribution in [1.29, 1.82) is 0 Å². The zero-order valence-corrected chi connectivity index (χ0v) is 25.8. The van der Waals surface area contributed by atoms with Crippen molar-refractivity contribution in [3.05, 3.63) is 83.7 Å². The number of benzene rings is 2. The first kappa shape index (κ1) is 33.8. The van der Waals surface area contributed by atoms with Gasteiger partial charge in [-0.25, -0.2) is 13.6 Å². The fourth-order valence-corrected chi connectivity index (χ4v) is 5.96. The number of carboxylic acid groups (broad SMARTS) is 1. The Balaban J connectivity index is 2.06. The third-order valence-electron chi connectivity index (χ3n) is 6.89. The van der Waals surface area contributed by atoms with Gasteiger partial charge in [0, 0.05) is 48.8 Å². The quantitative estimate of drug-likeness (QED) is 0.234. The van der Waals surface area contributed by atoms with Crippen molar-refractivity contribution in [2.24, 2.45) is 11.1 Å². The molecule has 8 nitrogen and oxygen atoms in total. The SMILES string of the molecule is CC(=O)N[C@@H](CSCC(=O)N(CCCN)[C@@H](c1cc(-c2cc(F)ccc2F)cn1Cc1ccccc1)C(C)(C)C)C(=O)O. The van der Waals surface area contributed by atoms with Gasteiger partial charge in [-0.1, -0.05) is 51.1 Å². The molecule has 3 aromatic rings. The molecule has 0 saturated carbocycles. The van der Waals surface area contributed by atoms with Gasteiger partial charge in [-0.15, -0.1) is 11.8 Å². The van der Waals surface area contributed by atoms with Crippen LogP contribution in [-0.2, 0) is 20.9 Å². The lowest BCUT2D eigenvalue weighted by molar-refractivity contribution is -0.140. The Morgan fingerprint density at radius 1 is 1.09 bits per heavy atom. The highest BCUT2D eigenvalue weighted by atomic mass is 32.2. The molecule has 232 valence electrons. The van der Waals surface area contributed by atoms with Crippen LogP contribution in [0, 0.1) is 17.0 Å². The third-order valence-corrected chi connectivity index (χ3v) is 7.91. The number of amides is 2. The molecule has 43 heavy (non-hydrogen) atoms. The molecule has 2 aromatic carbocycles. The molecule has 1 heterocycles. The van der Waals surface area contributed by atoms with Crippen LogP contribution in [0.1, 0.15) is 51.4 Å². The lowest BCUT2D eigenvalue weighted by Crippen LogP contribution is -2.44. The van der Waals surface area contributed by atoms with E-state index in [-0.39, 0.29) is 23.0 Å². The van der Waals surface area contributed by atoms with E-state index in [0.29, 0.717) is 31.6 Å². The Morgan fingerprint density at radius 2 is 1.79 bits per heavy atom. The highest BCUT2D eigenvalue weighted by Gasteiger charge is 2.37. The summed E-state index contributed by atoms with van der Waals surface area (Å²) in [6.07, 6.45) is 2.31. The molecule has 0 spiro atoms. The molecule has 2 amide bonds. The number of aromatic nitrogens is 1. The van der Waals surface area contributed by atoms with Crippen molar-refractivity contribution in [2.75, 3.05) is 24.6 Å². The van der Waals surface area contributed by atoms with Gasteiger partial charge in [-0.05, 0) is 48.2 Å². The number of hydrogen-bond acceptors (Lipinski definition) is 5. The molecule has 0 unspecified atom stereocenters. The van der Waals surface area contributed by atoms with Crippen molar-refractivity contribution in [3.8, 4) is 11.1 Å². The van der Waals surface area contributed by atoms with E-state index in [2.05, 4.69) is 5.32 Å². The van der Waals surface area contributed by atoms with Gasteiger partial charge in [0.1, 0.15) is 17.7 Å². The van der Waals surface area contributed by atoms with Crippen LogP contribution in [0.5, 0.6) is 0 Å². The minimum Gasteiger partial charge on any atom is -0.480 e. The van der Waals surface area contributed by atoms with Gasteiger partial charge in [0.25, 0.3) is 0 Å². The number of nitrogens with zero attached hydrogens (tertiary/aromatic N) is 2. The van der Waals surface area contributed by atoms with E-state index in [0.717, 1.165) is 41.2 Å². The normalized spacial score (nSPS) is 12.9. The van der Waals surface area contributed by atoms with E-state index in [4.69, 9.17) is 5.73 Å². The van der Waals surface area contributed by atoms with Crippen LogP contribution in [-0.4, -0.2) is 63.0 Å². The first-order valence-corrected chi connectivity index (χ1v) is 15.2. The van der Waals surface area contributed by atoms with Gasteiger partial charge in [0.15, 0.2) is 0 Å². The Kier molecular flexibility index (Phi) is 11.9. The number of nitrogens with two attached hydrogens (primary N) is 1. The molecule has 2 atom stereocenters. The second-order valence-electron chi connectivity index (χ2n) is 11.5. The number of hydrogen-bond donors (Lipinski definition) is 3. The van der Waals surface area contributed by atoms with E-state index < -0.39 is 41.0 Å². The number of carbonyl (C=O) groups excluding carboxylic acids is 2. The predicted octanol–water partition coefficient (Wildman–Crippen LogP) is 5.07. The number of rotatable bonds is 14. The molecule has 0 aliphatic rings. The predicted molar refractivity (Wildman–Crippen MR) is 165 cm³/mol. The first-order chi connectivity index (χ1) is 20.3. The second kappa shape index (κ2) is 15.2. The van der Waals surface area contributed by atoms with Crippen molar-refractivity contribution in [2.45, 2.75) is 52.7 Å². The average Bonchev–Trinajstić information content (AvgIpc) is 3.33. The lowest BCUT2D eigenvalue weighted by Gasteiger charge is -2.41. The van der Waals surface area contributed by atoms with Crippen molar-refractivity contribution >= 4 is 29.5 Å². The summed E-state index contributed by atoms with van der Waals surface area (Å²) in [6, 6.07) is 13.2. The zero-order chi connectivity index (χ0) is 31.7. The monoisotopic (exact) mass is 614 g/mol. The minimum atomic E-state index is -1.18. The van der Waals surface area contributed by atoms with Crippen LogP contribution < -0.4 is 11.1 Å². The van der Waals surface area contributed by atoms with Crippen molar-refractivity contribution in [1.82, 2.24) is 14.8 Å². The second-order valence-corrected chi connectivity index (χ2v) is 12.5. The highest BCUT2D eigenvalue weighted by molar-refractivity contribution is 8.00. The molecule has 1 aromatic heterocycles. The number of aliphatic carboxylic acids is 1. The van der Waals surface area contributed by atoms with Gasteiger partial charge in [-0.2, -0.15) is 0 Å². The summed E-state index contributed by atoms with van der Waals surface area (Å²) in [4.78, 5) is 38.6. The molecule has 0 saturated heterocycles. The number of nitrogens with one attached hydrogen (secondary N) is 1. The summed E-state index contributed by atoms with van der Waals surface area (Å²) in [6.45, 7) is 8.38. The first-order valence-electron chi connectivity index (χ1n) is 14.1. The maximum atomic E-state index is 14.9. The Labute approximate surface area is 255 Å². The summed E-state index contributed by atoms with van der Waals surface area (Å²) < 4.78 is 31.1. The van der Waals surface area contributed by atoms with Gasteiger partial charge in [0.2, 0.25) is 11.8 Å². The van der Waals surface area contributed by atoms with Gasteiger partial charge in [0.05, 0.1) is 11.8 Å². The van der Waals surface area contributed by atoms with Crippen molar-refractivity contribution < 1.29 is 28.3 Å². The molecule has 0 aliphatic heterocycles. The summed E-state index contributed by atoms with van der Waals surface area (Å²) in [5.74, 6) is -3.01. The summed E-state index contributed by atoms with van der Waals surface area (Å²) in [7, 11) is 0. The topological polar surface area (TPSA) is 118 Å². The average molecular weight is 615 g/mol. The molecule has 0 radical (unpaired) electrons. The number of halogens is 2. The Morgan fingerprint density at radius 3 is 2.40 bits per heavy atom. The van der Waals surface area contributed by atoms with Gasteiger partial charge >= 0.3 is 5.97 Å². The summed E-state index contributed by atoms with van der Waals surface area (Å²) in [5, 5.41) is 11.8. The fraction of sp³-hybridized carbons (Fsp3) is 0.406. The van der Waals surface area contributed by atoms with Crippen LogP contribution in [0.15, 0.2) is 60.8 Å². The largest absolute Gasteiger partial charge is 0.480 e. The third kappa shape index (κ3) is 9.39. The number of carbonyl (C=O) groups is 3. The van der Waals surface area contributed by atoms with Crippen LogP contribution >= 0.6 is 11.8 Å². The van der Waals surface area contributed by atoms with Crippen LogP contribution in [0.4, 0.5) is 8.78 Å². The highest BCUT2D eigenvalue weighted by Crippen LogP contribution is 2.41. The summed E-state index contributed by atoms with van der Waals surface area (Å²) >= 11 is 1.12.